The van der Waals surface area contributed by atoms with Crippen molar-refractivity contribution in [3.05, 3.63) is 180 Å². The molecule has 3 aromatic heterocycles. The summed E-state index contributed by atoms with van der Waals surface area (Å²) in [5.41, 5.74) is 6.19. The maximum absolute atomic E-state index is 8.90. The van der Waals surface area contributed by atoms with E-state index in [1.54, 1.807) is 42.5 Å². The summed E-state index contributed by atoms with van der Waals surface area (Å²) in [5, 5.41) is 3.83. The van der Waals surface area contributed by atoms with Crippen LogP contribution < -0.4 is 0 Å². The number of furan rings is 1. The van der Waals surface area contributed by atoms with Gasteiger partial charge in [0.1, 0.15) is 5.58 Å². The average molecular weight is 932 g/mol. The molecule has 0 atom stereocenters. The quantitative estimate of drug-likeness (QED) is 0.150. The number of hydrogen-bond acceptors (Lipinski definition) is 3. The van der Waals surface area contributed by atoms with E-state index in [0.29, 0.717) is 52.1 Å². The van der Waals surface area contributed by atoms with Gasteiger partial charge < -0.3 is 14.4 Å². The number of aromatic nitrogens is 2. The molecule has 0 aliphatic rings. The summed E-state index contributed by atoms with van der Waals surface area (Å²) < 4.78 is 111. The monoisotopic (exact) mass is 932 g/mol. The molecule has 9 aromatic rings. The molecule has 0 fully saturated rings. The van der Waals surface area contributed by atoms with Crippen LogP contribution in [0.5, 0.6) is 0 Å². The van der Waals surface area contributed by atoms with Gasteiger partial charge in [0, 0.05) is 61.1 Å². The van der Waals surface area contributed by atoms with Crippen molar-refractivity contribution < 1.29 is 42.3 Å². The fourth-order valence-electron chi connectivity index (χ4n) is 7.18. The van der Waals surface area contributed by atoms with E-state index in [9.17, 15) is 0 Å². The Morgan fingerprint density at radius 3 is 2.19 bits per heavy atom. The van der Waals surface area contributed by atoms with E-state index in [2.05, 4.69) is 22.1 Å². The molecule has 57 heavy (non-hydrogen) atoms. The fourth-order valence-corrected chi connectivity index (χ4v) is 7.18. The minimum atomic E-state index is -2.55. The molecule has 0 bridgehead atoms. The summed E-state index contributed by atoms with van der Waals surface area (Å²) in [4.78, 5) is 8.75. The van der Waals surface area contributed by atoms with Crippen molar-refractivity contribution in [2.75, 3.05) is 0 Å². The normalized spacial score (nSPS) is 15.6. The Morgan fingerprint density at radius 2 is 1.42 bits per heavy atom. The van der Waals surface area contributed by atoms with Crippen molar-refractivity contribution in [3.63, 3.8) is 0 Å². The van der Waals surface area contributed by atoms with E-state index >= 15 is 0 Å². The SMILES string of the molecule is [2H]C([2H])([2H])c1ccc(-c2[c-]cc(C([2H])([2H])[2H])c(-c3ccccc3)c2)nc1.[2H]C([2H])([2H])c1cnc(-c2[c-]ccc3c2oc2c4ccccc4ccc32)cc1-c1ccc(C([2H])(CC)CC)cc1C([2H])([2H])[2H].[Ir]. The Bertz CT molecular complexity index is 3320. The van der Waals surface area contributed by atoms with Crippen molar-refractivity contribution in [2.45, 2.75) is 60.0 Å². The molecular weight excluding hydrogens is 873 g/mol. The summed E-state index contributed by atoms with van der Waals surface area (Å²) in [6.45, 7) is -5.77. The zero-order valence-electron chi connectivity index (χ0n) is 44.3. The molecule has 0 N–H and O–H groups in total. The molecule has 0 aliphatic carbocycles. The van der Waals surface area contributed by atoms with Crippen LogP contribution in [0.25, 0.3) is 77.5 Å². The summed E-state index contributed by atoms with van der Waals surface area (Å²) in [5.74, 6) is -0.954. The minimum absolute atomic E-state index is 0. The molecule has 0 saturated heterocycles. The molecule has 3 heterocycles. The second-order valence-corrected chi connectivity index (χ2v) is 13.5. The summed E-state index contributed by atoms with van der Waals surface area (Å²) in [6.07, 6.45) is 3.63. The Morgan fingerprint density at radius 1 is 0.632 bits per heavy atom. The van der Waals surface area contributed by atoms with Crippen molar-refractivity contribution in [2.24, 2.45) is 0 Å². The van der Waals surface area contributed by atoms with Gasteiger partial charge in [-0.25, -0.2) is 0 Å². The van der Waals surface area contributed by atoms with Gasteiger partial charge in [0.25, 0.3) is 0 Å². The number of nitrogens with zero attached hydrogens (tertiary/aromatic N) is 2. The van der Waals surface area contributed by atoms with Gasteiger partial charge in [0.05, 0.1) is 5.58 Å². The topological polar surface area (TPSA) is 38.9 Å². The van der Waals surface area contributed by atoms with Gasteiger partial charge in [0.2, 0.25) is 0 Å². The Balaban J connectivity index is 0.000000229. The Labute approximate surface area is 368 Å². The van der Waals surface area contributed by atoms with Gasteiger partial charge in [-0.3, -0.25) is 0 Å². The van der Waals surface area contributed by atoms with Gasteiger partial charge >= 0.3 is 0 Å². The van der Waals surface area contributed by atoms with Crippen LogP contribution in [-0.2, 0) is 20.1 Å². The molecule has 4 heteroatoms. The molecule has 0 unspecified atom stereocenters. The smallest absolute Gasteiger partial charge is 0.128 e. The molecule has 1 radical (unpaired) electrons. The maximum Gasteiger partial charge on any atom is 0.128 e. The predicted octanol–water partition coefficient (Wildman–Crippen LogP) is 14.6. The van der Waals surface area contributed by atoms with Crippen molar-refractivity contribution in [1.29, 1.82) is 0 Å². The summed E-state index contributed by atoms with van der Waals surface area (Å²) >= 11 is 0. The van der Waals surface area contributed by atoms with Crippen LogP contribution in [0.1, 0.15) is 78.2 Å². The van der Waals surface area contributed by atoms with Crippen LogP contribution in [0.2, 0.25) is 0 Å². The van der Waals surface area contributed by atoms with Crippen LogP contribution >= 0.6 is 0 Å². The zero-order valence-corrected chi connectivity index (χ0v) is 33.7. The number of fused-ring (bicyclic) bond motifs is 5. The molecule has 0 spiro atoms. The number of aryl methyl sites for hydroxylation is 4. The first-order chi connectivity index (χ1) is 32.5. The van der Waals surface area contributed by atoms with E-state index in [1.165, 1.54) is 24.5 Å². The fraction of sp³-hybridized carbons (Fsp3) is 0.170. The van der Waals surface area contributed by atoms with Crippen LogP contribution in [0.15, 0.2) is 144 Å². The first-order valence-corrected chi connectivity index (χ1v) is 18.5. The first kappa shape index (κ1) is 26.3. The second kappa shape index (κ2) is 17.2. The van der Waals surface area contributed by atoms with Gasteiger partial charge in [0.15, 0.2) is 0 Å². The van der Waals surface area contributed by atoms with Crippen LogP contribution in [0, 0.1) is 39.5 Å². The number of pyridine rings is 2. The predicted molar refractivity (Wildman–Crippen MR) is 235 cm³/mol. The number of benzene rings is 6. The third kappa shape index (κ3) is 7.99. The Hall–Kier alpha value is -5.67. The average Bonchev–Trinajstić information content (AvgIpc) is 3.72. The number of rotatable bonds is 7. The molecular formula is C53H46IrN2O-2. The van der Waals surface area contributed by atoms with E-state index < -0.39 is 33.3 Å². The molecule has 3 nitrogen and oxygen atoms in total. The molecule has 0 amide bonds. The van der Waals surface area contributed by atoms with Gasteiger partial charge in [-0.1, -0.05) is 140 Å². The molecule has 0 saturated carbocycles. The van der Waals surface area contributed by atoms with Gasteiger partial charge in [-0.05, 0) is 95.0 Å². The van der Waals surface area contributed by atoms with Gasteiger partial charge in [-0.15, -0.1) is 47.5 Å². The third-order valence-corrected chi connectivity index (χ3v) is 10.1. The van der Waals surface area contributed by atoms with E-state index in [1.807, 2.05) is 86.6 Å². The van der Waals surface area contributed by atoms with Crippen molar-refractivity contribution in [3.8, 4) is 44.8 Å². The summed E-state index contributed by atoms with van der Waals surface area (Å²) in [7, 11) is 0. The van der Waals surface area contributed by atoms with Crippen LogP contribution in [0.4, 0.5) is 0 Å². The maximum atomic E-state index is 8.90. The van der Waals surface area contributed by atoms with Crippen molar-refractivity contribution in [1.82, 2.24) is 9.97 Å². The van der Waals surface area contributed by atoms with E-state index in [4.69, 9.17) is 22.2 Å². The molecule has 6 aromatic carbocycles. The largest absolute Gasteiger partial charge is 0.500 e. The number of hydrogen-bond donors (Lipinski definition) is 0. The first-order valence-electron chi connectivity index (χ1n) is 25.0. The van der Waals surface area contributed by atoms with E-state index in [-0.39, 0.29) is 53.5 Å². The van der Waals surface area contributed by atoms with E-state index in [0.717, 1.165) is 32.7 Å². The van der Waals surface area contributed by atoms with Crippen LogP contribution in [0.3, 0.4) is 0 Å². The summed E-state index contributed by atoms with van der Waals surface area (Å²) in [6, 6.07) is 44.0. The minimum Gasteiger partial charge on any atom is -0.500 e. The zero-order chi connectivity index (χ0) is 49.7. The van der Waals surface area contributed by atoms with Crippen LogP contribution in [-0.4, -0.2) is 9.97 Å². The second-order valence-electron chi connectivity index (χ2n) is 13.5. The molecule has 0 aliphatic heterocycles. The standard InChI is InChI=1S/C34H30NO.C19H16N.Ir/c1-5-23(6-2)25-15-16-26(21(3)18-25)31-19-32(35-20-22(31)4)30-13-9-12-28-29-17-14-24-10-7-8-11-27(24)33(29)36-34(28)30;1-14-8-11-19(20-13-14)17-10-9-15(2)18(12-17)16-6-4-3-5-7-16;/h7-12,14-20,23H,5-6H2,1-4H3;3-9,11-13H,1-2H3;/q2*-1;/i3D3,4D3,23D;1D3,2D3;. The third-order valence-electron chi connectivity index (χ3n) is 10.1. The van der Waals surface area contributed by atoms with Gasteiger partial charge in [-0.2, -0.15) is 0 Å². The molecule has 9 rings (SSSR count). The van der Waals surface area contributed by atoms with Crippen molar-refractivity contribution >= 4 is 32.7 Å². The molecule has 285 valence electrons. The Kier molecular flexibility index (Phi) is 7.94.